The van der Waals surface area contributed by atoms with Crippen LogP contribution >= 0.6 is 0 Å². The average Bonchev–Trinajstić information content (AvgIpc) is 2.81. The molecule has 114 valence electrons. The molecule has 0 amide bonds. The van der Waals surface area contributed by atoms with Crippen molar-refractivity contribution in [2.24, 2.45) is 5.73 Å². The van der Waals surface area contributed by atoms with Crippen LogP contribution in [0.2, 0.25) is 0 Å². The number of hydrogen-bond donors (Lipinski definition) is 2. The molecule has 2 rings (SSSR count). The number of aliphatic hydroxyl groups is 1. The number of rotatable bonds is 4. The predicted octanol–water partition coefficient (Wildman–Crippen LogP) is 1.87. The van der Waals surface area contributed by atoms with Crippen LogP contribution in [0.25, 0.3) is 0 Å². The molecule has 0 spiro atoms. The van der Waals surface area contributed by atoms with Crippen molar-refractivity contribution < 1.29 is 9.50 Å². The summed E-state index contributed by atoms with van der Waals surface area (Å²) in [5.41, 5.74) is 6.26. The molecular formula is C17H23FN2O. The monoisotopic (exact) mass is 290 g/mol. The lowest BCUT2D eigenvalue weighted by Gasteiger charge is -2.28. The van der Waals surface area contributed by atoms with Gasteiger partial charge < -0.3 is 10.8 Å². The summed E-state index contributed by atoms with van der Waals surface area (Å²) in [4.78, 5) is 2.04. The van der Waals surface area contributed by atoms with Crippen molar-refractivity contribution in [1.29, 1.82) is 0 Å². The number of hydrogen-bond acceptors (Lipinski definition) is 3. The van der Waals surface area contributed by atoms with Crippen LogP contribution in [0.3, 0.4) is 0 Å². The Balaban J connectivity index is 2.02. The molecule has 1 aliphatic carbocycles. The van der Waals surface area contributed by atoms with Crippen LogP contribution in [0.15, 0.2) is 18.2 Å². The fraction of sp³-hybridized carbons (Fsp3) is 0.529. The zero-order valence-corrected chi connectivity index (χ0v) is 12.5. The maximum absolute atomic E-state index is 13.6. The van der Waals surface area contributed by atoms with Gasteiger partial charge in [-0.05, 0) is 43.7 Å². The highest BCUT2D eigenvalue weighted by atomic mass is 19.1. The smallest absolute Gasteiger partial charge is 0.124 e. The van der Waals surface area contributed by atoms with E-state index in [2.05, 4.69) is 11.8 Å². The Bertz CT molecular complexity index is 541. The Kier molecular flexibility index (Phi) is 5.35. The summed E-state index contributed by atoms with van der Waals surface area (Å²) >= 11 is 0. The summed E-state index contributed by atoms with van der Waals surface area (Å²) < 4.78 is 13.6. The van der Waals surface area contributed by atoms with Gasteiger partial charge in [0.2, 0.25) is 0 Å². The minimum atomic E-state index is -0.579. The molecular weight excluding hydrogens is 267 g/mol. The average molecular weight is 290 g/mol. The van der Waals surface area contributed by atoms with E-state index in [1.54, 1.807) is 0 Å². The highest BCUT2D eigenvalue weighted by Gasteiger charge is 2.32. The van der Waals surface area contributed by atoms with Crippen LogP contribution in [0, 0.1) is 17.7 Å². The Labute approximate surface area is 125 Å². The van der Waals surface area contributed by atoms with Gasteiger partial charge in [-0.1, -0.05) is 24.7 Å². The van der Waals surface area contributed by atoms with Crippen molar-refractivity contribution in [3.63, 3.8) is 0 Å². The Morgan fingerprint density at radius 1 is 1.33 bits per heavy atom. The largest absolute Gasteiger partial charge is 0.389 e. The van der Waals surface area contributed by atoms with Gasteiger partial charge >= 0.3 is 0 Å². The molecule has 0 atom stereocenters. The van der Waals surface area contributed by atoms with Gasteiger partial charge in [0.05, 0.1) is 12.1 Å². The lowest BCUT2D eigenvalue weighted by Crippen LogP contribution is -2.38. The van der Waals surface area contributed by atoms with E-state index in [9.17, 15) is 9.50 Å². The summed E-state index contributed by atoms with van der Waals surface area (Å²) in [7, 11) is 1.95. The first-order valence-electron chi connectivity index (χ1n) is 7.40. The third-order valence-corrected chi connectivity index (χ3v) is 3.84. The van der Waals surface area contributed by atoms with Crippen LogP contribution in [-0.2, 0) is 6.54 Å². The molecule has 0 heterocycles. The lowest BCUT2D eigenvalue weighted by molar-refractivity contribution is 0.0145. The van der Waals surface area contributed by atoms with Crippen molar-refractivity contribution in [3.8, 4) is 11.8 Å². The van der Waals surface area contributed by atoms with Crippen LogP contribution in [0.1, 0.15) is 36.8 Å². The molecule has 1 fully saturated rings. The summed E-state index contributed by atoms with van der Waals surface area (Å²) in [5.74, 6) is 5.30. The standard InChI is InChI=1S/C17H23FN2O/c1-20(13-17(21)6-2-3-7-17)12-15-9-14(5-4-8-19)10-16(18)11-15/h9-11,21H,2-3,6-8,12-13,19H2,1H3. The minimum absolute atomic E-state index is 0.263. The maximum atomic E-state index is 13.6. The number of benzene rings is 1. The van der Waals surface area contributed by atoms with E-state index in [-0.39, 0.29) is 12.4 Å². The second-order valence-corrected chi connectivity index (χ2v) is 5.96. The SMILES string of the molecule is CN(Cc1cc(F)cc(C#CCN)c1)CC1(O)CCCC1. The minimum Gasteiger partial charge on any atom is -0.389 e. The number of halogens is 1. The quantitative estimate of drug-likeness (QED) is 0.832. The van der Waals surface area contributed by atoms with Gasteiger partial charge in [0.1, 0.15) is 5.82 Å². The van der Waals surface area contributed by atoms with Crippen LogP contribution in [0.5, 0.6) is 0 Å². The molecule has 0 aliphatic heterocycles. The Morgan fingerprint density at radius 2 is 2.05 bits per heavy atom. The third-order valence-electron chi connectivity index (χ3n) is 3.84. The van der Waals surface area contributed by atoms with E-state index < -0.39 is 5.60 Å². The molecule has 4 heteroatoms. The summed E-state index contributed by atoms with van der Waals surface area (Å²) in [6.07, 6.45) is 3.88. The van der Waals surface area contributed by atoms with E-state index >= 15 is 0 Å². The van der Waals surface area contributed by atoms with Crippen molar-refractivity contribution in [3.05, 3.63) is 35.1 Å². The molecule has 0 unspecified atom stereocenters. The zero-order chi connectivity index (χ0) is 15.3. The van der Waals surface area contributed by atoms with Gasteiger partial charge in [0, 0.05) is 18.7 Å². The van der Waals surface area contributed by atoms with Gasteiger partial charge in [-0.2, -0.15) is 0 Å². The fourth-order valence-electron chi connectivity index (χ4n) is 3.03. The van der Waals surface area contributed by atoms with Gasteiger partial charge in [0.15, 0.2) is 0 Å². The molecule has 3 N–H and O–H groups in total. The second-order valence-electron chi connectivity index (χ2n) is 5.96. The fourth-order valence-corrected chi connectivity index (χ4v) is 3.03. The van der Waals surface area contributed by atoms with Crippen LogP contribution in [-0.4, -0.2) is 35.7 Å². The molecule has 0 saturated heterocycles. The van der Waals surface area contributed by atoms with E-state index in [0.717, 1.165) is 31.2 Å². The first kappa shape index (κ1) is 16.0. The molecule has 21 heavy (non-hydrogen) atoms. The number of nitrogens with two attached hydrogens (primary N) is 1. The molecule has 0 bridgehead atoms. The van der Waals surface area contributed by atoms with Crippen molar-refractivity contribution in [1.82, 2.24) is 4.90 Å². The normalized spacial score (nSPS) is 16.8. The van der Waals surface area contributed by atoms with Gasteiger partial charge in [-0.25, -0.2) is 4.39 Å². The van der Waals surface area contributed by atoms with Crippen LogP contribution < -0.4 is 5.73 Å². The van der Waals surface area contributed by atoms with Crippen LogP contribution in [0.4, 0.5) is 4.39 Å². The topological polar surface area (TPSA) is 49.5 Å². The van der Waals surface area contributed by atoms with Gasteiger partial charge in [-0.3, -0.25) is 4.90 Å². The van der Waals surface area contributed by atoms with Crippen molar-refractivity contribution >= 4 is 0 Å². The van der Waals surface area contributed by atoms with E-state index in [1.807, 2.05) is 18.0 Å². The van der Waals surface area contributed by atoms with Crippen molar-refractivity contribution in [2.45, 2.75) is 37.8 Å². The molecule has 3 nitrogen and oxygen atoms in total. The second kappa shape index (κ2) is 7.04. The Hall–Kier alpha value is -1.41. The molecule has 1 aromatic rings. The number of likely N-dealkylation sites (N-methyl/N-ethyl adjacent to an activating group) is 1. The predicted molar refractivity (Wildman–Crippen MR) is 82.1 cm³/mol. The first-order chi connectivity index (χ1) is 10.0. The first-order valence-corrected chi connectivity index (χ1v) is 7.40. The zero-order valence-electron chi connectivity index (χ0n) is 12.5. The highest BCUT2D eigenvalue weighted by Crippen LogP contribution is 2.30. The highest BCUT2D eigenvalue weighted by molar-refractivity contribution is 5.38. The Morgan fingerprint density at radius 3 is 2.71 bits per heavy atom. The summed E-state index contributed by atoms with van der Waals surface area (Å²) in [6.45, 7) is 1.48. The molecule has 1 aromatic carbocycles. The van der Waals surface area contributed by atoms with Gasteiger partial charge in [-0.15, -0.1) is 0 Å². The molecule has 1 aliphatic rings. The third kappa shape index (κ3) is 4.82. The maximum Gasteiger partial charge on any atom is 0.124 e. The lowest BCUT2D eigenvalue weighted by atomic mass is 10.0. The molecule has 0 aromatic heterocycles. The molecule has 0 radical (unpaired) electrons. The summed E-state index contributed by atoms with van der Waals surface area (Å²) in [5, 5.41) is 10.4. The van der Waals surface area contributed by atoms with E-state index in [0.29, 0.717) is 18.7 Å². The summed E-state index contributed by atoms with van der Waals surface area (Å²) in [6, 6.07) is 4.81. The van der Waals surface area contributed by atoms with E-state index in [4.69, 9.17) is 5.73 Å². The van der Waals surface area contributed by atoms with Crippen molar-refractivity contribution in [2.75, 3.05) is 20.1 Å². The van der Waals surface area contributed by atoms with Gasteiger partial charge in [0.25, 0.3) is 0 Å². The van der Waals surface area contributed by atoms with E-state index in [1.165, 1.54) is 12.1 Å². The number of nitrogens with zero attached hydrogens (tertiary/aromatic N) is 1. The molecule has 1 saturated carbocycles.